The van der Waals surface area contributed by atoms with Crippen LogP contribution in [0.25, 0.3) is 22.2 Å². The van der Waals surface area contributed by atoms with Crippen LogP contribution in [0.2, 0.25) is 0 Å². The SMILES string of the molecule is C/C=C1\CN(C(=O)c2cnc3[nH]cc(-c4ccc5c(c4)C(C)(C)CNC5=O)c3c2)CCN1/C=C(/C)N. The third kappa shape index (κ3) is 4.12. The van der Waals surface area contributed by atoms with E-state index in [1.54, 1.807) is 6.20 Å². The number of amides is 2. The summed E-state index contributed by atoms with van der Waals surface area (Å²) in [5.41, 5.74) is 12.4. The van der Waals surface area contributed by atoms with Crippen LogP contribution in [0.4, 0.5) is 0 Å². The summed E-state index contributed by atoms with van der Waals surface area (Å²) in [5.74, 6) is -0.0886. The first-order chi connectivity index (χ1) is 17.2. The van der Waals surface area contributed by atoms with Crippen molar-refractivity contribution in [3.63, 3.8) is 0 Å². The van der Waals surface area contributed by atoms with Gasteiger partial charge in [-0.05, 0) is 43.2 Å². The molecular weight excluding hydrogens is 452 g/mol. The summed E-state index contributed by atoms with van der Waals surface area (Å²) in [6.07, 6.45) is 7.49. The molecule has 1 saturated heterocycles. The summed E-state index contributed by atoms with van der Waals surface area (Å²) >= 11 is 0. The lowest BCUT2D eigenvalue weighted by Crippen LogP contribution is -2.45. The predicted octanol–water partition coefficient (Wildman–Crippen LogP) is 3.73. The Morgan fingerprint density at radius 2 is 2.00 bits per heavy atom. The third-order valence-electron chi connectivity index (χ3n) is 7.09. The molecular formula is C28H32N6O2. The van der Waals surface area contributed by atoms with E-state index in [0.717, 1.165) is 39.1 Å². The Morgan fingerprint density at radius 3 is 2.75 bits per heavy atom. The molecule has 5 rings (SSSR count). The quantitative estimate of drug-likeness (QED) is 0.525. The van der Waals surface area contributed by atoms with Crippen LogP contribution >= 0.6 is 0 Å². The maximum absolute atomic E-state index is 13.5. The molecule has 2 amide bonds. The van der Waals surface area contributed by atoms with Crippen molar-refractivity contribution in [2.24, 2.45) is 5.73 Å². The second-order valence-corrected chi connectivity index (χ2v) is 10.2. The molecule has 8 nitrogen and oxygen atoms in total. The fraction of sp³-hybridized carbons (Fsp3) is 0.321. The van der Waals surface area contributed by atoms with E-state index in [1.807, 2.05) is 55.4 Å². The molecule has 0 bridgehead atoms. The highest BCUT2D eigenvalue weighted by molar-refractivity contribution is 6.02. The molecule has 36 heavy (non-hydrogen) atoms. The van der Waals surface area contributed by atoms with Gasteiger partial charge in [0, 0.05) is 71.6 Å². The molecule has 2 aliphatic rings. The number of carbonyl (C=O) groups excluding carboxylic acids is 2. The van der Waals surface area contributed by atoms with E-state index in [0.29, 0.717) is 37.3 Å². The van der Waals surface area contributed by atoms with Crippen LogP contribution in [0.5, 0.6) is 0 Å². The molecule has 2 aromatic heterocycles. The van der Waals surface area contributed by atoms with Crippen LogP contribution in [-0.2, 0) is 5.41 Å². The van der Waals surface area contributed by atoms with Gasteiger partial charge in [0.1, 0.15) is 5.65 Å². The van der Waals surface area contributed by atoms with Gasteiger partial charge >= 0.3 is 0 Å². The highest BCUT2D eigenvalue weighted by atomic mass is 16.2. The Bertz CT molecular complexity index is 1430. The van der Waals surface area contributed by atoms with Crippen molar-refractivity contribution in [1.82, 2.24) is 25.1 Å². The minimum Gasteiger partial charge on any atom is -0.401 e. The summed E-state index contributed by atoms with van der Waals surface area (Å²) in [4.78, 5) is 37.6. The zero-order chi connectivity index (χ0) is 25.6. The Balaban J connectivity index is 1.47. The Morgan fingerprint density at radius 1 is 1.19 bits per heavy atom. The first kappa shape index (κ1) is 23.7. The average Bonchev–Trinajstić information content (AvgIpc) is 3.29. The molecule has 4 N–H and O–H groups in total. The number of carbonyl (C=O) groups is 2. The number of piperazine rings is 1. The summed E-state index contributed by atoms with van der Waals surface area (Å²) in [6.45, 7) is 10.5. The number of nitrogens with one attached hydrogen (secondary N) is 2. The highest BCUT2D eigenvalue weighted by Gasteiger charge is 2.32. The predicted molar refractivity (Wildman–Crippen MR) is 141 cm³/mol. The number of H-pyrrole nitrogens is 1. The van der Waals surface area contributed by atoms with Crippen LogP contribution < -0.4 is 11.1 Å². The summed E-state index contributed by atoms with van der Waals surface area (Å²) in [6, 6.07) is 7.86. The molecule has 3 aromatic rings. The fourth-order valence-corrected chi connectivity index (χ4v) is 5.06. The number of nitrogens with zero attached hydrogens (tertiary/aromatic N) is 3. The van der Waals surface area contributed by atoms with E-state index < -0.39 is 0 Å². The number of allylic oxidation sites excluding steroid dienone is 2. The summed E-state index contributed by atoms with van der Waals surface area (Å²) in [5, 5.41) is 3.85. The number of aromatic amines is 1. The van der Waals surface area contributed by atoms with E-state index in [-0.39, 0.29) is 17.2 Å². The lowest BCUT2D eigenvalue weighted by atomic mass is 9.78. The molecule has 0 aliphatic carbocycles. The smallest absolute Gasteiger partial charge is 0.255 e. The molecule has 186 valence electrons. The van der Waals surface area contributed by atoms with Crippen LogP contribution in [0, 0.1) is 0 Å². The van der Waals surface area contributed by atoms with Crippen LogP contribution in [0.3, 0.4) is 0 Å². The fourth-order valence-electron chi connectivity index (χ4n) is 5.06. The van der Waals surface area contributed by atoms with Gasteiger partial charge in [-0.1, -0.05) is 26.0 Å². The van der Waals surface area contributed by atoms with Crippen molar-refractivity contribution in [1.29, 1.82) is 0 Å². The number of rotatable bonds is 3. The Labute approximate surface area is 210 Å². The normalized spacial score (nSPS) is 18.9. The third-order valence-corrected chi connectivity index (χ3v) is 7.09. The second-order valence-electron chi connectivity index (χ2n) is 10.2. The van der Waals surface area contributed by atoms with E-state index in [1.165, 1.54) is 0 Å². The maximum atomic E-state index is 13.5. The van der Waals surface area contributed by atoms with Crippen molar-refractivity contribution in [2.45, 2.75) is 33.1 Å². The maximum Gasteiger partial charge on any atom is 0.255 e. The lowest BCUT2D eigenvalue weighted by Gasteiger charge is -2.36. The molecule has 0 saturated carbocycles. The second kappa shape index (κ2) is 8.86. The van der Waals surface area contributed by atoms with Crippen LogP contribution in [-0.4, -0.2) is 57.8 Å². The summed E-state index contributed by atoms with van der Waals surface area (Å²) < 4.78 is 0. The molecule has 0 atom stereocenters. The van der Waals surface area contributed by atoms with Crippen molar-refractivity contribution >= 4 is 22.8 Å². The number of hydrogen-bond donors (Lipinski definition) is 3. The minimum atomic E-state index is -0.172. The number of fused-ring (bicyclic) bond motifs is 2. The van der Waals surface area contributed by atoms with Gasteiger partial charge in [-0.3, -0.25) is 9.59 Å². The minimum absolute atomic E-state index is 0.0398. The van der Waals surface area contributed by atoms with Crippen LogP contribution in [0.1, 0.15) is 54.0 Å². The van der Waals surface area contributed by atoms with Gasteiger partial charge in [0.25, 0.3) is 11.8 Å². The average molecular weight is 485 g/mol. The van der Waals surface area contributed by atoms with Gasteiger partial charge in [-0.25, -0.2) is 4.98 Å². The van der Waals surface area contributed by atoms with Crippen molar-refractivity contribution in [3.8, 4) is 11.1 Å². The van der Waals surface area contributed by atoms with Gasteiger partial charge in [-0.15, -0.1) is 0 Å². The monoisotopic (exact) mass is 484 g/mol. The van der Waals surface area contributed by atoms with E-state index >= 15 is 0 Å². The topological polar surface area (TPSA) is 107 Å². The number of benzene rings is 1. The molecule has 0 unspecified atom stereocenters. The highest BCUT2D eigenvalue weighted by Crippen LogP contribution is 2.35. The van der Waals surface area contributed by atoms with E-state index in [4.69, 9.17) is 5.73 Å². The number of nitrogens with two attached hydrogens (primary N) is 1. The molecule has 0 radical (unpaired) electrons. The lowest BCUT2D eigenvalue weighted by molar-refractivity contribution is 0.0720. The van der Waals surface area contributed by atoms with Crippen molar-refractivity contribution < 1.29 is 9.59 Å². The van der Waals surface area contributed by atoms with E-state index in [2.05, 4.69) is 40.1 Å². The molecule has 1 fully saturated rings. The van der Waals surface area contributed by atoms with Crippen LogP contribution in [0.15, 0.2) is 60.3 Å². The molecule has 1 aromatic carbocycles. The number of pyridine rings is 1. The van der Waals surface area contributed by atoms with Gasteiger partial charge in [0.15, 0.2) is 0 Å². The molecule has 2 aliphatic heterocycles. The Hall–Kier alpha value is -4.07. The van der Waals surface area contributed by atoms with Crippen molar-refractivity contribution in [3.05, 3.63) is 77.0 Å². The number of aromatic nitrogens is 2. The van der Waals surface area contributed by atoms with E-state index in [9.17, 15) is 9.59 Å². The standard InChI is InChI=1S/C28H32N6O2/c1-5-20-15-34(9-8-33(20)14-17(2)29)27(36)19-10-22-23(13-31-25(22)30-12-19)18-6-7-21-24(11-18)28(3,4)16-32-26(21)35/h5-7,10-14H,8-9,15-16,29H2,1-4H3,(H,30,31)(H,32,35)/b17-14-,20-5+. The number of hydrogen-bond acceptors (Lipinski definition) is 5. The van der Waals surface area contributed by atoms with Gasteiger partial charge in [0.05, 0.1) is 12.1 Å². The van der Waals surface area contributed by atoms with Gasteiger partial charge in [-0.2, -0.15) is 0 Å². The summed E-state index contributed by atoms with van der Waals surface area (Å²) in [7, 11) is 0. The van der Waals surface area contributed by atoms with Gasteiger partial charge in [0.2, 0.25) is 0 Å². The van der Waals surface area contributed by atoms with Crippen molar-refractivity contribution in [2.75, 3.05) is 26.2 Å². The largest absolute Gasteiger partial charge is 0.401 e. The van der Waals surface area contributed by atoms with Gasteiger partial charge < -0.3 is 25.8 Å². The first-order valence-corrected chi connectivity index (χ1v) is 12.2. The zero-order valence-electron chi connectivity index (χ0n) is 21.2. The molecule has 4 heterocycles. The molecule has 8 heteroatoms. The molecule has 0 spiro atoms. The Kier molecular flexibility index (Phi) is 5.82. The zero-order valence-corrected chi connectivity index (χ0v) is 21.2. The first-order valence-electron chi connectivity index (χ1n) is 12.2.